The summed E-state index contributed by atoms with van der Waals surface area (Å²) < 4.78 is 247. The molecule has 0 heterocycles. The van der Waals surface area contributed by atoms with Gasteiger partial charge in [0.25, 0.3) is 0 Å². The zero-order chi connectivity index (χ0) is 44.2. The second-order valence-corrected chi connectivity index (χ2v) is 15.2. The van der Waals surface area contributed by atoms with Crippen LogP contribution >= 0.6 is 0 Å². The molecule has 18 heteroatoms. The maximum atomic E-state index is 15.8. The van der Waals surface area contributed by atoms with Crippen LogP contribution in [0.15, 0.2) is 0 Å². The zero-order valence-corrected chi connectivity index (χ0v) is 32.4. The minimum atomic E-state index is -6.55. The van der Waals surface area contributed by atoms with E-state index in [1.54, 1.807) is 0 Å². The van der Waals surface area contributed by atoms with Crippen molar-refractivity contribution >= 4 is 28.0 Å². The van der Waals surface area contributed by atoms with Gasteiger partial charge in [-0.15, -0.1) is 21.9 Å². The molecule has 4 aromatic rings. The van der Waals surface area contributed by atoms with E-state index in [4.69, 9.17) is 0 Å². The third kappa shape index (κ3) is 7.24. The summed E-state index contributed by atoms with van der Waals surface area (Å²) in [7, 11) is 0. The van der Waals surface area contributed by atoms with Gasteiger partial charge in [0.2, 0.25) is 0 Å². The summed E-state index contributed by atoms with van der Waals surface area (Å²) in [5, 5.41) is 0. The SMILES string of the molecule is CC(C)[NH+](C(C)C)C1CCCCC1.Cc1c(F)c(F)c([B-](c2c(F)c(F)c(C)c(F)c2F)(c2c(F)c(F)c(C)c(F)c2F)c2c(F)c(F)c(C)c(F)c2F)c(F)c1F. The average Bonchev–Trinajstić information content (AvgIpc) is 3.18. The Morgan fingerprint density at radius 3 is 0.707 bits per heavy atom. The van der Waals surface area contributed by atoms with Gasteiger partial charge in [-0.1, -0.05) is 6.42 Å². The molecule has 0 amide bonds. The largest absolute Gasteiger partial charge is 0.329 e. The van der Waals surface area contributed by atoms with Crippen LogP contribution in [0.1, 0.15) is 82.1 Å². The van der Waals surface area contributed by atoms with Crippen molar-refractivity contribution in [3.8, 4) is 0 Å². The van der Waals surface area contributed by atoms with Crippen molar-refractivity contribution in [1.82, 2.24) is 0 Å². The quantitative estimate of drug-likeness (QED) is 0.108. The molecule has 0 spiro atoms. The first kappa shape index (κ1) is 46.5. The molecule has 1 aliphatic rings. The van der Waals surface area contributed by atoms with Gasteiger partial charge < -0.3 is 4.90 Å². The summed E-state index contributed by atoms with van der Waals surface area (Å²) in [5.74, 6) is -45.7. The highest BCUT2D eigenvalue weighted by atomic mass is 19.2. The molecule has 0 saturated heterocycles. The third-order valence-corrected chi connectivity index (χ3v) is 11.2. The summed E-state index contributed by atoms with van der Waals surface area (Å²) >= 11 is 0. The summed E-state index contributed by atoms with van der Waals surface area (Å²) in [5.41, 5.74) is -18.5. The van der Waals surface area contributed by atoms with Crippen LogP contribution in [0, 0.1) is 121 Å². The van der Waals surface area contributed by atoms with Gasteiger partial charge in [-0.2, -0.15) is 0 Å². The molecule has 58 heavy (non-hydrogen) atoms. The van der Waals surface area contributed by atoms with Crippen molar-refractivity contribution in [2.24, 2.45) is 0 Å². The molecule has 0 atom stereocenters. The fourth-order valence-corrected chi connectivity index (χ4v) is 8.47. The Kier molecular flexibility index (Phi) is 13.8. The molecule has 0 aromatic heterocycles. The Morgan fingerprint density at radius 1 is 0.345 bits per heavy atom. The van der Waals surface area contributed by atoms with Crippen LogP contribution in [0.2, 0.25) is 0 Å². The van der Waals surface area contributed by atoms with Gasteiger partial charge in [0.05, 0.1) is 18.1 Å². The van der Waals surface area contributed by atoms with Gasteiger partial charge in [-0.05, 0) is 81.1 Å². The lowest BCUT2D eigenvalue weighted by molar-refractivity contribution is -0.967. The van der Waals surface area contributed by atoms with Gasteiger partial charge >= 0.3 is 0 Å². The van der Waals surface area contributed by atoms with E-state index in [0.29, 0.717) is 27.7 Å². The standard InChI is InChI=1S/C28H12BF16.C12H25N/c1-5-13(30)21(38)9(22(39)14(5)31)29(10-23(40)15(32)6(2)16(33)24(10)41,11-25(42)17(34)7(3)18(35)26(11)43)12-27(44)19(36)8(4)20(37)28(12)45;1-10(2)13(11(3)4)12-8-6-5-7-9-12/h1-4H3;10-12H,5-9H2,1-4H3/q-1;/p+1. The summed E-state index contributed by atoms with van der Waals surface area (Å²) in [6.07, 6.45) is 0.782. The predicted molar refractivity (Wildman–Crippen MR) is 186 cm³/mol. The summed E-state index contributed by atoms with van der Waals surface area (Å²) in [6.45, 7) is 10.6. The fourth-order valence-electron chi connectivity index (χ4n) is 8.47. The number of nitrogens with one attached hydrogen (secondary N) is 1. The number of benzene rings is 4. The molecule has 318 valence electrons. The molecule has 0 radical (unpaired) electrons. The molecule has 1 aliphatic carbocycles. The first-order chi connectivity index (χ1) is 26.8. The Morgan fingerprint density at radius 2 is 0.534 bits per heavy atom. The molecule has 4 aromatic carbocycles. The number of quaternary nitrogens is 1. The topological polar surface area (TPSA) is 4.44 Å². The normalized spacial score (nSPS) is 13.9. The van der Waals surface area contributed by atoms with Crippen LogP contribution in [0.5, 0.6) is 0 Å². The maximum absolute atomic E-state index is 15.8. The average molecular weight is 848 g/mol. The minimum absolute atomic E-state index is 0.292. The van der Waals surface area contributed by atoms with Crippen LogP contribution in [0.3, 0.4) is 0 Å². The van der Waals surface area contributed by atoms with Crippen LogP contribution < -0.4 is 26.8 Å². The molecule has 0 unspecified atom stereocenters. The molecule has 1 fully saturated rings. The summed E-state index contributed by atoms with van der Waals surface area (Å²) in [6, 6.07) is 2.54. The highest BCUT2D eigenvalue weighted by Crippen LogP contribution is 2.31. The first-order valence-electron chi connectivity index (χ1n) is 18.2. The molecule has 0 bridgehead atoms. The van der Waals surface area contributed by atoms with Crippen LogP contribution in [-0.4, -0.2) is 24.3 Å². The monoisotopic (exact) mass is 847 g/mol. The second-order valence-electron chi connectivity index (χ2n) is 15.2. The minimum Gasteiger partial charge on any atom is -0.329 e. The van der Waals surface area contributed by atoms with E-state index in [9.17, 15) is 0 Å². The molecule has 1 nitrogen and oxygen atoms in total. The van der Waals surface area contributed by atoms with Crippen LogP contribution in [0.25, 0.3) is 0 Å². The smallest absolute Gasteiger partial charge is 0.161 e. The molecule has 1 N–H and O–H groups in total. The fraction of sp³-hybridized carbons (Fsp3) is 0.400. The third-order valence-electron chi connectivity index (χ3n) is 11.2. The van der Waals surface area contributed by atoms with E-state index >= 15 is 70.2 Å². The second kappa shape index (κ2) is 17.2. The van der Waals surface area contributed by atoms with E-state index in [1.165, 1.54) is 32.1 Å². The molecule has 0 aliphatic heterocycles. The first-order valence-corrected chi connectivity index (χ1v) is 18.2. The van der Waals surface area contributed by atoms with Crippen molar-refractivity contribution in [2.45, 2.75) is 106 Å². The highest BCUT2D eigenvalue weighted by molar-refractivity contribution is 7.20. The predicted octanol–water partition coefficient (Wildman–Crippen LogP) is 8.54. The Bertz CT molecular complexity index is 1860. The number of rotatable bonds is 7. The van der Waals surface area contributed by atoms with E-state index in [0.717, 1.165) is 18.1 Å². The van der Waals surface area contributed by atoms with Crippen LogP contribution in [0.4, 0.5) is 70.2 Å². The van der Waals surface area contributed by atoms with Gasteiger partial charge in [0.1, 0.15) is 52.7 Å². The van der Waals surface area contributed by atoms with Gasteiger partial charge in [0, 0.05) is 22.3 Å². The Balaban J connectivity index is 0.000000486. The van der Waals surface area contributed by atoms with Crippen molar-refractivity contribution in [1.29, 1.82) is 0 Å². The lowest BCUT2D eigenvalue weighted by Crippen LogP contribution is -3.21. The van der Waals surface area contributed by atoms with Gasteiger partial charge in [-0.3, -0.25) is 0 Å². The van der Waals surface area contributed by atoms with Gasteiger partial charge in [-0.25, -0.2) is 70.2 Å². The summed E-state index contributed by atoms with van der Waals surface area (Å²) in [4.78, 5) is 1.83. The molecule has 1 saturated carbocycles. The Labute approximate surface area is 324 Å². The Hall–Kier alpha value is -4.22. The molecular formula is C40H38BF16N. The number of halogens is 16. The lowest BCUT2D eigenvalue weighted by Gasteiger charge is -2.45. The van der Waals surface area contributed by atoms with Gasteiger partial charge in [0.15, 0.2) is 46.5 Å². The maximum Gasteiger partial charge on any atom is 0.161 e. The highest BCUT2D eigenvalue weighted by Gasteiger charge is 2.51. The molecular weight excluding hydrogens is 809 g/mol. The van der Waals surface area contributed by atoms with E-state index in [-0.39, 0.29) is 0 Å². The van der Waals surface area contributed by atoms with Crippen LogP contribution in [-0.2, 0) is 0 Å². The number of hydrogen-bond acceptors (Lipinski definition) is 0. The zero-order valence-electron chi connectivity index (χ0n) is 32.4. The van der Waals surface area contributed by atoms with E-state index in [2.05, 4.69) is 27.7 Å². The van der Waals surface area contributed by atoms with Crippen molar-refractivity contribution in [3.05, 3.63) is 115 Å². The number of hydrogen-bond donors (Lipinski definition) is 1. The van der Waals surface area contributed by atoms with E-state index in [1.807, 2.05) is 4.90 Å². The van der Waals surface area contributed by atoms with Crippen molar-refractivity contribution < 1.29 is 75.1 Å². The lowest BCUT2D eigenvalue weighted by atomic mass is 9.12. The molecule has 5 rings (SSSR count). The van der Waals surface area contributed by atoms with E-state index < -0.39 is 143 Å². The van der Waals surface area contributed by atoms with Crippen molar-refractivity contribution in [3.63, 3.8) is 0 Å². The van der Waals surface area contributed by atoms with Crippen molar-refractivity contribution in [2.75, 3.05) is 0 Å².